The lowest BCUT2D eigenvalue weighted by atomic mass is 9.85. The lowest BCUT2D eigenvalue weighted by Crippen LogP contribution is -2.42. The molecule has 0 radical (unpaired) electrons. The molecule has 8 heteroatoms. The van der Waals surface area contributed by atoms with Crippen LogP contribution >= 0.6 is 23.2 Å². The second kappa shape index (κ2) is 6.77. The van der Waals surface area contributed by atoms with Gasteiger partial charge in [-0.25, -0.2) is 4.79 Å². The predicted molar refractivity (Wildman–Crippen MR) is 96.0 cm³/mol. The fourth-order valence-electron chi connectivity index (χ4n) is 3.08. The number of carbonyl (C=O) groups is 1. The Morgan fingerprint density at radius 2 is 1.78 bits per heavy atom. The first kappa shape index (κ1) is 19.6. The van der Waals surface area contributed by atoms with Crippen molar-refractivity contribution in [1.82, 2.24) is 0 Å². The van der Waals surface area contributed by atoms with Gasteiger partial charge in [-0.3, -0.25) is 0 Å². The van der Waals surface area contributed by atoms with E-state index in [4.69, 9.17) is 33.0 Å². The fourth-order valence-corrected chi connectivity index (χ4v) is 3.61. The van der Waals surface area contributed by atoms with Gasteiger partial charge < -0.3 is 9.84 Å². The minimum Gasteiger partial charge on any atom is -0.480 e. The summed E-state index contributed by atoms with van der Waals surface area (Å²) >= 11 is 11.8. The van der Waals surface area contributed by atoms with Crippen molar-refractivity contribution < 1.29 is 27.8 Å². The van der Waals surface area contributed by atoms with E-state index in [2.05, 4.69) is 0 Å². The molecule has 0 bridgehead atoms. The molecule has 1 atom stereocenters. The van der Waals surface area contributed by atoms with E-state index < -0.39 is 24.2 Å². The zero-order valence-corrected chi connectivity index (χ0v) is 15.4. The number of hydrogen-bond donors (Lipinski definition) is 1. The number of carboxylic acids is 1. The maximum atomic E-state index is 14.0. The highest BCUT2D eigenvalue weighted by Gasteiger charge is 2.60. The second-order valence-corrected chi connectivity index (χ2v) is 7.13. The highest BCUT2D eigenvalue weighted by Crippen LogP contribution is 2.52. The number of hydrogen-bond acceptors (Lipinski definition) is 2. The molecule has 142 valence electrons. The number of alkyl halides is 3. The molecule has 0 saturated carbocycles. The maximum absolute atomic E-state index is 14.0. The van der Waals surface area contributed by atoms with Crippen LogP contribution in [-0.4, -0.2) is 17.3 Å². The first-order valence-corrected chi connectivity index (χ1v) is 8.53. The van der Waals surface area contributed by atoms with E-state index in [1.807, 2.05) is 0 Å². The van der Waals surface area contributed by atoms with Crippen LogP contribution in [0.5, 0.6) is 0 Å². The summed E-state index contributed by atoms with van der Waals surface area (Å²) < 4.78 is 47.1. The Bertz CT molecular complexity index is 933. The van der Waals surface area contributed by atoms with Crippen LogP contribution in [0, 0.1) is 6.92 Å². The van der Waals surface area contributed by atoms with Crippen LogP contribution in [0.2, 0.25) is 10.0 Å². The van der Waals surface area contributed by atoms with E-state index in [0.717, 1.165) is 6.26 Å². The first-order valence-electron chi connectivity index (χ1n) is 7.78. The van der Waals surface area contributed by atoms with Gasteiger partial charge in [0, 0.05) is 22.0 Å². The summed E-state index contributed by atoms with van der Waals surface area (Å²) in [5, 5.41) is 9.24. The Balaban J connectivity index is 2.02. The molecule has 3 nitrogen and oxygen atoms in total. The zero-order chi connectivity index (χ0) is 20.0. The molecule has 1 heterocycles. The topological polar surface area (TPSA) is 46.5 Å². The van der Waals surface area contributed by atoms with E-state index in [1.165, 1.54) is 36.4 Å². The van der Waals surface area contributed by atoms with Crippen LogP contribution in [0.1, 0.15) is 33.5 Å². The fraction of sp³-hybridized carbons (Fsp3) is 0.211. The van der Waals surface area contributed by atoms with Crippen molar-refractivity contribution in [2.75, 3.05) is 0 Å². The Hall–Kier alpha value is -2.18. The van der Waals surface area contributed by atoms with Crippen LogP contribution in [0.15, 0.2) is 42.7 Å². The molecule has 1 aliphatic rings. The van der Waals surface area contributed by atoms with Crippen molar-refractivity contribution in [2.45, 2.75) is 25.1 Å². The number of carboxylic acid groups (broad SMARTS) is 1. The van der Waals surface area contributed by atoms with Crippen LogP contribution in [-0.2, 0) is 10.3 Å². The van der Waals surface area contributed by atoms with Crippen molar-refractivity contribution in [2.24, 2.45) is 0 Å². The lowest BCUT2D eigenvalue weighted by molar-refractivity contribution is -0.260. The number of benzene rings is 2. The Morgan fingerprint density at radius 1 is 1.15 bits per heavy atom. The first-order chi connectivity index (χ1) is 12.5. The summed E-state index contributed by atoms with van der Waals surface area (Å²) in [6, 6.07) is 8.04. The van der Waals surface area contributed by atoms with Gasteiger partial charge in [0.1, 0.15) is 0 Å². The van der Waals surface area contributed by atoms with Gasteiger partial charge in [0.15, 0.2) is 0 Å². The molecule has 0 unspecified atom stereocenters. The van der Waals surface area contributed by atoms with Crippen molar-refractivity contribution >= 4 is 34.7 Å². The molecule has 1 N–H and O–H groups in total. The summed E-state index contributed by atoms with van der Waals surface area (Å²) in [6.45, 7) is 1.58. The van der Waals surface area contributed by atoms with Crippen LogP contribution in [0.3, 0.4) is 0 Å². The van der Waals surface area contributed by atoms with Gasteiger partial charge in [0.2, 0.25) is 5.60 Å². The number of halogens is 5. The number of aromatic carboxylic acids is 1. The molecular formula is C19H13Cl2F3O3. The molecule has 3 rings (SSSR count). The van der Waals surface area contributed by atoms with Crippen LogP contribution < -0.4 is 0 Å². The average Bonchev–Trinajstić information content (AvgIpc) is 3.00. The van der Waals surface area contributed by atoms with Crippen molar-refractivity contribution in [3.63, 3.8) is 0 Å². The Morgan fingerprint density at radius 3 is 2.30 bits per heavy atom. The maximum Gasteiger partial charge on any atom is 0.432 e. The SMILES string of the molecule is Cc1cc(C2=CO[C@@](c3cc(Cl)cc(Cl)c3)(C(F)(F)F)C2)ccc1C(=O)O. The molecule has 2 aromatic rings. The molecule has 0 saturated heterocycles. The third kappa shape index (κ3) is 3.51. The zero-order valence-electron chi connectivity index (χ0n) is 13.9. The molecule has 0 amide bonds. The molecule has 0 spiro atoms. The van der Waals surface area contributed by atoms with Gasteiger partial charge in [-0.2, -0.15) is 13.2 Å². The van der Waals surface area contributed by atoms with Crippen LogP contribution in [0.4, 0.5) is 13.2 Å². The normalized spacial score (nSPS) is 19.6. The van der Waals surface area contributed by atoms with Crippen LogP contribution in [0.25, 0.3) is 5.57 Å². The standard InChI is InChI=1S/C19H13Cl2F3O3/c1-10-4-11(2-3-16(10)17(25)26)12-8-18(27-9-12,19(22,23)24)13-5-14(20)7-15(21)6-13/h2-7,9H,8H2,1H3,(H,25,26)/t18-/m0/s1. The minimum atomic E-state index is -4.73. The Kier molecular flexibility index (Phi) is 4.91. The summed E-state index contributed by atoms with van der Waals surface area (Å²) in [5.41, 5.74) is -1.54. The minimum absolute atomic E-state index is 0.0693. The highest BCUT2D eigenvalue weighted by atomic mass is 35.5. The van der Waals surface area contributed by atoms with E-state index in [0.29, 0.717) is 16.7 Å². The van der Waals surface area contributed by atoms with Crippen molar-refractivity contribution in [3.05, 3.63) is 75.0 Å². The number of ether oxygens (including phenoxy) is 1. The van der Waals surface area contributed by atoms with E-state index >= 15 is 0 Å². The monoisotopic (exact) mass is 416 g/mol. The van der Waals surface area contributed by atoms with E-state index in [-0.39, 0.29) is 21.2 Å². The third-order valence-corrected chi connectivity index (χ3v) is 4.89. The van der Waals surface area contributed by atoms with Gasteiger partial charge in [0.25, 0.3) is 0 Å². The number of rotatable bonds is 3. The van der Waals surface area contributed by atoms with Crippen molar-refractivity contribution in [3.8, 4) is 0 Å². The average molecular weight is 417 g/mol. The summed E-state index contributed by atoms with van der Waals surface area (Å²) in [6.07, 6.45) is -4.16. The third-order valence-electron chi connectivity index (χ3n) is 4.46. The lowest BCUT2D eigenvalue weighted by Gasteiger charge is -2.32. The summed E-state index contributed by atoms with van der Waals surface area (Å²) in [5.74, 6) is -1.10. The van der Waals surface area contributed by atoms with E-state index in [1.54, 1.807) is 6.92 Å². The van der Waals surface area contributed by atoms with Gasteiger partial charge >= 0.3 is 12.1 Å². The Labute approximate surface area is 163 Å². The largest absolute Gasteiger partial charge is 0.480 e. The van der Waals surface area contributed by atoms with E-state index in [9.17, 15) is 18.0 Å². The molecule has 0 aliphatic carbocycles. The molecule has 0 aromatic heterocycles. The molecule has 27 heavy (non-hydrogen) atoms. The second-order valence-electron chi connectivity index (χ2n) is 6.26. The van der Waals surface area contributed by atoms with Gasteiger partial charge in [-0.15, -0.1) is 0 Å². The molecular weight excluding hydrogens is 404 g/mol. The molecule has 0 fully saturated rings. The highest BCUT2D eigenvalue weighted by molar-refractivity contribution is 6.34. The van der Waals surface area contributed by atoms with Crippen molar-refractivity contribution in [1.29, 1.82) is 0 Å². The van der Waals surface area contributed by atoms with Gasteiger partial charge in [-0.05, 0) is 47.9 Å². The molecule has 1 aliphatic heterocycles. The molecule has 2 aromatic carbocycles. The number of aryl methyl sites for hydroxylation is 1. The summed E-state index contributed by atoms with van der Waals surface area (Å²) in [7, 11) is 0. The quantitative estimate of drug-likeness (QED) is 0.645. The van der Waals surface area contributed by atoms with Gasteiger partial charge in [-0.1, -0.05) is 35.3 Å². The van der Waals surface area contributed by atoms with Gasteiger partial charge in [0.05, 0.1) is 11.8 Å². The predicted octanol–water partition coefficient (Wildman–Crippen LogP) is 6.22. The summed E-state index contributed by atoms with van der Waals surface area (Å²) in [4.78, 5) is 11.1. The smallest absolute Gasteiger partial charge is 0.432 e.